The summed E-state index contributed by atoms with van der Waals surface area (Å²) in [6.45, 7) is 5.95. The molecule has 1 N–H and O–H groups in total. The van der Waals surface area contributed by atoms with Crippen molar-refractivity contribution >= 4 is 21.8 Å². The molecule has 0 amide bonds. The third kappa shape index (κ3) is 3.16. The maximum Gasteiger partial charge on any atom is 0.264 e. The molecule has 1 heterocycles. The van der Waals surface area contributed by atoms with Crippen LogP contribution in [0.1, 0.15) is 28.7 Å². The van der Waals surface area contributed by atoms with Crippen molar-refractivity contribution in [1.82, 2.24) is 0 Å². The molecule has 0 fully saturated rings. The molecule has 0 bridgehead atoms. The van der Waals surface area contributed by atoms with Crippen molar-refractivity contribution in [2.75, 3.05) is 10.8 Å². The zero-order chi connectivity index (χ0) is 20.6. The van der Waals surface area contributed by atoms with Crippen molar-refractivity contribution in [3.63, 3.8) is 0 Å². The number of fused-ring (bicyclic) bond motifs is 1. The molecule has 5 heteroatoms. The van der Waals surface area contributed by atoms with Crippen LogP contribution >= 0.6 is 0 Å². The van der Waals surface area contributed by atoms with Gasteiger partial charge in [-0.1, -0.05) is 72.8 Å². The Hall–Kier alpha value is -2.89. The number of nitrogens with zero attached hydrogens (tertiary/aromatic N) is 1. The normalized spacial score (nSPS) is 18.9. The highest BCUT2D eigenvalue weighted by Crippen LogP contribution is 2.45. The molecule has 3 aromatic rings. The summed E-state index contributed by atoms with van der Waals surface area (Å²) in [5.74, 6) is 0. The summed E-state index contributed by atoms with van der Waals surface area (Å²) >= 11 is 0. The van der Waals surface area contributed by atoms with Crippen molar-refractivity contribution in [2.45, 2.75) is 23.8 Å². The molecule has 1 aliphatic rings. The van der Waals surface area contributed by atoms with E-state index in [4.69, 9.17) is 0 Å². The minimum Gasteiger partial charge on any atom is -0.380 e. The average molecular weight is 406 g/mol. The maximum absolute atomic E-state index is 13.4. The van der Waals surface area contributed by atoms with Gasteiger partial charge in [-0.05, 0) is 36.2 Å². The van der Waals surface area contributed by atoms with Crippen molar-refractivity contribution in [1.29, 1.82) is 0 Å². The molecule has 3 aromatic carbocycles. The first kappa shape index (κ1) is 19.4. The van der Waals surface area contributed by atoms with Gasteiger partial charge in [0.25, 0.3) is 10.0 Å². The number of rotatable bonds is 4. The van der Waals surface area contributed by atoms with Crippen molar-refractivity contribution in [3.05, 3.63) is 102 Å². The SMILES string of the molecule is C=Cc1ccccc1C1(O)CCN(S(=O)(=O)c2ccc(C)cc2)c2ccccc21. The van der Waals surface area contributed by atoms with Crippen LogP contribution in [0.5, 0.6) is 0 Å². The van der Waals surface area contributed by atoms with E-state index >= 15 is 0 Å². The molecule has 0 aliphatic carbocycles. The Kier molecular flexibility index (Phi) is 4.81. The van der Waals surface area contributed by atoms with E-state index in [2.05, 4.69) is 6.58 Å². The van der Waals surface area contributed by atoms with Crippen LogP contribution in [-0.2, 0) is 15.6 Å². The molecule has 29 heavy (non-hydrogen) atoms. The standard InChI is InChI=1S/C24H23NO3S/c1-3-19-8-4-5-9-21(19)24(26)16-17-25(23-11-7-6-10-22(23)24)29(27,28)20-14-12-18(2)13-15-20/h3-15,26H,1,16-17H2,2H3. The number of hydrogen-bond donors (Lipinski definition) is 1. The Morgan fingerprint density at radius 3 is 2.28 bits per heavy atom. The van der Waals surface area contributed by atoms with E-state index in [-0.39, 0.29) is 17.9 Å². The van der Waals surface area contributed by atoms with E-state index in [0.29, 0.717) is 11.3 Å². The van der Waals surface area contributed by atoms with Gasteiger partial charge < -0.3 is 5.11 Å². The number of anilines is 1. The Morgan fingerprint density at radius 2 is 1.59 bits per heavy atom. The monoisotopic (exact) mass is 405 g/mol. The van der Waals surface area contributed by atoms with E-state index in [1.54, 1.807) is 48.5 Å². The van der Waals surface area contributed by atoms with E-state index in [9.17, 15) is 13.5 Å². The molecule has 4 rings (SSSR count). The van der Waals surface area contributed by atoms with Gasteiger partial charge in [-0.3, -0.25) is 4.31 Å². The molecule has 0 saturated heterocycles. The van der Waals surface area contributed by atoms with Gasteiger partial charge in [-0.15, -0.1) is 0 Å². The quantitative estimate of drug-likeness (QED) is 0.697. The zero-order valence-electron chi connectivity index (χ0n) is 16.2. The maximum atomic E-state index is 13.4. The molecule has 0 saturated carbocycles. The highest BCUT2D eigenvalue weighted by atomic mass is 32.2. The summed E-state index contributed by atoms with van der Waals surface area (Å²) in [7, 11) is -3.74. The molecule has 1 unspecified atom stereocenters. The first-order valence-corrected chi connectivity index (χ1v) is 11.0. The molecule has 4 nitrogen and oxygen atoms in total. The highest BCUT2D eigenvalue weighted by molar-refractivity contribution is 7.92. The van der Waals surface area contributed by atoms with Crippen molar-refractivity contribution in [3.8, 4) is 0 Å². The van der Waals surface area contributed by atoms with Gasteiger partial charge in [-0.25, -0.2) is 8.42 Å². The average Bonchev–Trinajstić information content (AvgIpc) is 2.74. The van der Waals surface area contributed by atoms with E-state index in [0.717, 1.165) is 16.7 Å². The van der Waals surface area contributed by atoms with Crippen LogP contribution < -0.4 is 4.31 Å². The van der Waals surface area contributed by atoms with Gasteiger partial charge in [0.15, 0.2) is 0 Å². The largest absolute Gasteiger partial charge is 0.380 e. The number of aryl methyl sites for hydroxylation is 1. The lowest BCUT2D eigenvalue weighted by atomic mass is 9.78. The zero-order valence-corrected chi connectivity index (χ0v) is 17.1. The second-order valence-corrected chi connectivity index (χ2v) is 9.17. The minimum absolute atomic E-state index is 0.176. The summed E-state index contributed by atoms with van der Waals surface area (Å²) in [5, 5.41) is 11.7. The lowest BCUT2D eigenvalue weighted by Crippen LogP contribution is -2.44. The van der Waals surface area contributed by atoms with Crippen LogP contribution in [0.15, 0.2) is 84.3 Å². The van der Waals surface area contributed by atoms with Crippen LogP contribution in [0.25, 0.3) is 6.08 Å². The summed E-state index contributed by atoms with van der Waals surface area (Å²) in [6.07, 6.45) is 1.96. The van der Waals surface area contributed by atoms with E-state index in [1.807, 2.05) is 37.3 Å². The fourth-order valence-corrected chi connectivity index (χ4v) is 5.46. The number of aliphatic hydroxyl groups is 1. The Bertz CT molecular complexity index is 1170. The van der Waals surface area contributed by atoms with Gasteiger partial charge in [0, 0.05) is 18.5 Å². The number of hydrogen-bond acceptors (Lipinski definition) is 3. The third-order valence-corrected chi connectivity index (χ3v) is 7.36. The first-order valence-electron chi connectivity index (χ1n) is 9.51. The molecular formula is C24H23NO3S. The lowest BCUT2D eigenvalue weighted by Gasteiger charge is -2.41. The Balaban J connectivity index is 1.86. The predicted octanol–water partition coefficient (Wildman–Crippen LogP) is 4.47. The third-order valence-electron chi connectivity index (χ3n) is 5.53. The summed E-state index contributed by atoms with van der Waals surface area (Å²) < 4.78 is 28.1. The van der Waals surface area contributed by atoms with Crippen molar-refractivity contribution in [2.24, 2.45) is 0 Å². The van der Waals surface area contributed by atoms with Crippen LogP contribution in [-0.4, -0.2) is 20.1 Å². The van der Waals surface area contributed by atoms with Gasteiger partial charge in [-0.2, -0.15) is 0 Å². The molecule has 1 atom stereocenters. The van der Waals surface area contributed by atoms with Gasteiger partial charge >= 0.3 is 0 Å². The van der Waals surface area contributed by atoms with Crippen LogP contribution in [0.2, 0.25) is 0 Å². The highest BCUT2D eigenvalue weighted by Gasteiger charge is 2.42. The Morgan fingerprint density at radius 1 is 0.966 bits per heavy atom. The van der Waals surface area contributed by atoms with E-state index in [1.165, 1.54) is 4.31 Å². The van der Waals surface area contributed by atoms with Gasteiger partial charge in [0.2, 0.25) is 0 Å². The fraction of sp³-hybridized carbons (Fsp3) is 0.167. The van der Waals surface area contributed by atoms with Crippen LogP contribution in [0, 0.1) is 6.92 Å². The predicted molar refractivity (Wildman–Crippen MR) is 116 cm³/mol. The molecule has 0 radical (unpaired) electrons. The first-order chi connectivity index (χ1) is 13.9. The second-order valence-electron chi connectivity index (χ2n) is 7.31. The minimum atomic E-state index is -3.74. The molecule has 1 aliphatic heterocycles. The van der Waals surface area contributed by atoms with Crippen molar-refractivity contribution < 1.29 is 13.5 Å². The Labute approximate surface area is 171 Å². The van der Waals surface area contributed by atoms with Gasteiger partial charge in [0.05, 0.1) is 10.6 Å². The van der Waals surface area contributed by atoms with E-state index < -0.39 is 15.6 Å². The fourth-order valence-electron chi connectivity index (χ4n) is 3.98. The van der Waals surface area contributed by atoms with Crippen LogP contribution in [0.3, 0.4) is 0 Å². The molecule has 0 aromatic heterocycles. The number of sulfonamides is 1. The summed E-state index contributed by atoms with van der Waals surface area (Å²) in [5.41, 5.74) is 2.35. The molecule has 0 spiro atoms. The summed E-state index contributed by atoms with van der Waals surface area (Å²) in [4.78, 5) is 0.245. The topological polar surface area (TPSA) is 57.6 Å². The second kappa shape index (κ2) is 7.17. The molecular weight excluding hydrogens is 382 g/mol. The smallest absolute Gasteiger partial charge is 0.264 e. The molecule has 148 valence electrons. The number of benzene rings is 3. The lowest BCUT2D eigenvalue weighted by molar-refractivity contribution is 0.0702. The van der Waals surface area contributed by atoms with Crippen LogP contribution in [0.4, 0.5) is 5.69 Å². The van der Waals surface area contributed by atoms with Gasteiger partial charge in [0.1, 0.15) is 5.60 Å². The summed E-state index contributed by atoms with van der Waals surface area (Å²) in [6, 6.07) is 21.5. The number of para-hydroxylation sites is 1.